The maximum absolute atomic E-state index is 11.6. The minimum atomic E-state index is -0.687. The molecule has 1 aliphatic rings. The summed E-state index contributed by atoms with van der Waals surface area (Å²) >= 11 is 0. The first-order chi connectivity index (χ1) is 9.62. The van der Waals surface area contributed by atoms with Crippen molar-refractivity contribution in [3.05, 3.63) is 35.4 Å². The second kappa shape index (κ2) is 6.37. The number of carboxylic acid groups (broad SMARTS) is 1. The number of benzene rings is 1. The number of likely N-dealkylation sites (tertiary alicyclic amines) is 1. The van der Waals surface area contributed by atoms with Crippen molar-refractivity contribution in [1.29, 1.82) is 0 Å². The average molecular weight is 277 g/mol. The van der Waals surface area contributed by atoms with Gasteiger partial charge in [-0.2, -0.15) is 0 Å². The first-order valence-electron chi connectivity index (χ1n) is 7.17. The SMILES string of the molecule is CCC1(C(=O)O)CCCN1Cc1ccc(COC)cc1. The molecular formula is C16H23NO3. The Hall–Kier alpha value is -1.39. The Morgan fingerprint density at radius 3 is 2.55 bits per heavy atom. The molecule has 0 radical (unpaired) electrons. The number of rotatable bonds is 6. The van der Waals surface area contributed by atoms with Gasteiger partial charge in [-0.25, -0.2) is 0 Å². The smallest absolute Gasteiger partial charge is 0.324 e. The Morgan fingerprint density at radius 2 is 2.00 bits per heavy atom. The minimum Gasteiger partial charge on any atom is -0.480 e. The van der Waals surface area contributed by atoms with Gasteiger partial charge < -0.3 is 9.84 Å². The van der Waals surface area contributed by atoms with Crippen LogP contribution in [0.5, 0.6) is 0 Å². The van der Waals surface area contributed by atoms with Crippen LogP contribution in [-0.4, -0.2) is 35.2 Å². The molecule has 1 aliphatic heterocycles. The Morgan fingerprint density at radius 1 is 1.35 bits per heavy atom. The third kappa shape index (κ3) is 2.86. The molecule has 0 amide bonds. The van der Waals surface area contributed by atoms with Crippen molar-refractivity contribution in [2.75, 3.05) is 13.7 Å². The molecule has 0 spiro atoms. The summed E-state index contributed by atoms with van der Waals surface area (Å²) in [6.45, 7) is 4.14. The van der Waals surface area contributed by atoms with Gasteiger partial charge in [-0.05, 0) is 36.9 Å². The van der Waals surface area contributed by atoms with Crippen molar-refractivity contribution in [3.63, 3.8) is 0 Å². The van der Waals surface area contributed by atoms with Gasteiger partial charge in [0.05, 0.1) is 6.61 Å². The quantitative estimate of drug-likeness (QED) is 0.868. The third-order valence-electron chi connectivity index (χ3n) is 4.31. The van der Waals surface area contributed by atoms with E-state index in [0.717, 1.165) is 30.5 Å². The molecule has 1 unspecified atom stereocenters. The van der Waals surface area contributed by atoms with Crippen molar-refractivity contribution in [2.45, 2.75) is 44.9 Å². The van der Waals surface area contributed by atoms with Crippen molar-refractivity contribution in [3.8, 4) is 0 Å². The van der Waals surface area contributed by atoms with Crippen LogP contribution in [0.25, 0.3) is 0 Å². The van der Waals surface area contributed by atoms with E-state index in [1.54, 1.807) is 7.11 Å². The molecule has 0 saturated carbocycles. The van der Waals surface area contributed by atoms with E-state index in [2.05, 4.69) is 17.0 Å². The highest BCUT2D eigenvalue weighted by Crippen LogP contribution is 2.34. The molecule has 1 aromatic carbocycles. The Kier molecular flexibility index (Phi) is 4.78. The number of methoxy groups -OCH3 is 1. The molecule has 1 fully saturated rings. The summed E-state index contributed by atoms with van der Waals surface area (Å²) in [5.74, 6) is -0.687. The zero-order chi connectivity index (χ0) is 14.6. The van der Waals surface area contributed by atoms with E-state index in [1.165, 1.54) is 0 Å². The first-order valence-corrected chi connectivity index (χ1v) is 7.17. The van der Waals surface area contributed by atoms with Gasteiger partial charge in [0.15, 0.2) is 0 Å². The second-order valence-electron chi connectivity index (χ2n) is 5.46. The van der Waals surface area contributed by atoms with Gasteiger partial charge in [-0.3, -0.25) is 9.69 Å². The van der Waals surface area contributed by atoms with Crippen LogP contribution < -0.4 is 0 Å². The maximum Gasteiger partial charge on any atom is 0.324 e. The zero-order valence-corrected chi connectivity index (χ0v) is 12.3. The van der Waals surface area contributed by atoms with Crippen LogP contribution in [-0.2, 0) is 22.7 Å². The lowest BCUT2D eigenvalue weighted by Gasteiger charge is -2.33. The molecule has 1 atom stereocenters. The van der Waals surface area contributed by atoms with E-state index in [9.17, 15) is 9.90 Å². The minimum absolute atomic E-state index is 0.609. The molecule has 1 heterocycles. The number of hydrogen-bond acceptors (Lipinski definition) is 3. The lowest BCUT2D eigenvalue weighted by atomic mass is 9.92. The number of aliphatic carboxylic acids is 1. The fourth-order valence-corrected chi connectivity index (χ4v) is 3.09. The van der Waals surface area contributed by atoms with Gasteiger partial charge in [-0.15, -0.1) is 0 Å². The lowest BCUT2D eigenvalue weighted by Crippen LogP contribution is -2.49. The molecular weight excluding hydrogens is 254 g/mol. The molecule has 0 aliphatic carbocycles. The molecule has 1 saturated heterocycles. The highest BCUT2D eigenvalue weighted by Gasteiger charge is 2.45. The fraction of sp³-hybridized carbons (Fsp3) is 0.562. The molecule has 4 nitrogen and oxygen atoms in total. The molecule has 1 aromatic rings. The van der Waals surface area contributed by atoms with Gasteiger partial charge in [0.25, 0.3) is 0 Å². The predicted molar refractivity (Wildman–Crippen MR) is 77.5 cm³/mol. The lowest BCUT2D eigenvalue weighted by molar-refractivity contribution is -0.150. The number of carbonyl (C=O) groups is 1. The normalized spacial score (nSPS) is 23.1. The highest BCUT2D eigenvalue weighted by molar-refractivity contribution is 5.79. The van der Waals surface area contributed by atoms with E-state index in [-0.39, 0.29) is 0 Å². The standard InChI is InChI=1S/C16H23NO3/c1-3-16(15(18)19)9-4-10-17(16)11-13-5-7-14(8-6-13)12-20-2/h5-8H,3-4,9-12H2,1-2H3,(H,18,19). The zero-order valence-electron chi connectivity index (χ0n) is 12.3. The van der Waals surface area contributed by atoms with E-state index in [4.69, 9.17) is 4.74 Å². The van der Waals surface area contributed by atoms with Crippen molar-refractivity contribution >= 4 is 5.97 Å². The van der Waals surface area contributed by atoms with Gasteiger partial charge in [0.2, 0.25) is 0 Å². The average Bonchev–Trinajstić information content (AvgIpc) is 2.85. The second-order valence-corrected chi connectivity index (χ2v) is 5.46. The molecule has 1 N–H and O–H groups in total. The van der Waals surface area contributed by atoms with Gasteiger partial charge in [0, 0.05) is 13.7 Å². The molecule has 0 bridgehead atoms. The van der Waals surface area contributed by atoms with E-state index < -0.39 is 11.5 Å². The number of hydrogen-bond donors (Lipinski definition) is 1. The topological polar surface area (TPSA) is 49.8 Å². The summed E-state index contributed by atoms with van der Waals surface area (Å²) in [6, 6.07) is 8.22. The molecule has 0 aromatic heterocycles. The highest BCUT2D eigenvalue weighted by atomic mass is 16.5. The van der Waals surface area contributed by atoms with Gasteiger partial charge in [-0.1, -0.05) is 31.2 Å². The van der Waals surface area contributed by atoms with Crippen molar-refractivity contribution in [2.24, 2.45) is 0 Å². The van der Waals surface area contributed by atoms with Gasteiger partial charge in [0.1, 0.15) is 5.54 Å². The monoisotopic (exact) mass is 277 g/mol. The van der Waals surface area contributed by atoms with Crippen molar-refractivity contribution < 1.29 is 14.6 Å². The summed E-state index contributed by atoms with van der Waals surface area (Å²) in [7, 11) is 1.68. The van der Waals surface area contributed by atoms with Crippen LogP contribution in [0.3, 0.4) is 0 Å². The Bertz CT molecular complexity index is 457. The van der Waals surface area contributed by atoms with Crippen LogP contribution in [0.4, 0.5) is 0 Å². The summed E-state index contributed by atoms with van der Waals surface area (Å²) < 4.78 is 5.09. The predicted octanol–water partition coefficient (Wildman–Crippen LogP) is 2.66. The van der Waals surface area contributed by atoms with Crippen LogP contribution in [0.1, 0.15) is 37.3 Å². The Labute approximate surface area is 120 Å². The molecule has 20 heavy (non-hydrogen) atoms. The molecule has 4 heteroatoms. The fourth-order valence-electron chi connectivity index (χ4n) is 3.09. The summed E-state index contributed by atoms with van der Waals surface area (Å²) in [5.41, 5.74) is 1.62. The summed E-state index contributed by atoms with van der Waals surface area (Å²) in [6.07, 6.45) is 2.37. The van der Waals surface area contributed by atoms with Crippen LogP contribution in [0.2, 0.25) is 0 Å². The van der Waals surface area contributed by atoms with Crippen molar-refractivity contribution in [1.82, 2.24) is 4.90 Å². The molecule has 2 rings (SSSR count). The summed E-state index contributed by atoms with van der Waals surface area (Å²) in [5, 5.41) is 9.57. The van der Waals surface area contributed by atoms with Gasteiger partial charge >= 0.3 is 5.97 Å². The number of carboxylic acids is 1. The summed E-state index contributed by atoms with van der Waals surface area (Å²) in [4.78, 5) is 13.7. The van der Waals surface area contributed by atoms with E-state index in [0.29, 0.717) is 19.6 Å². The van der Waals surface area contributed by atoms with E-state index in [1.807, 2.05) is 19.1 Å². The van der Waals surface area contributed by atoms with Crippen LogP contribution >= 0.6 is 0 Å². The van der Waals surface area contributed by atoms with Crippen LogP contribution in [0.15, 0.2) is 24.3 Å². The number of nitrogens with zero attached hydrogens (tertiary/aromatic N) is 1. The van der Waals surface area contributed by atoms with Crippen LogP contribution in [0, 0.1) is 0 Å². The van der Waals surface area contributed by atoms with E-state index >= 15 is 0 Å². The number of ether oxygens (including phenoxy) is 1. The maximum atomic E-state index is 11.6. The largest absolute Gasteiger partial charge is 0.480 e. The molecule has 110 valence electrons. The first kappa shape index (κ1) is 15.0. The third-order valence-corrected chi connectivity index (χ3v) is 4.31. The Balaban J connectivity index is 2.10.